The number of nitrogens with one attached hydrogen (secondary N) is 1. The van der Waals surface area contributed by atoms with Crippen molar-refractivity contribution in [1.82, 2.24) is 0 Å². The first kappa shape index (κ1) is 11.5. The van der Waals surface area contributed by atoms with Gasteiger partial charge < -0.3 is 10.1 Å². The maximum absolute atomic E-state index is 13.1. The molecule has 1 aliphatic carbocycles. The van der Waals surface area contributed by atoms with Crippen LogP contribution in [0.15, 0.2) is 18.2 Å². The summed E-state index contributed by atoms with van der Waals surface area (Å²) in [4.78, 5) is 0. The van der Waals surface area contributed by atoms with Crippen LogP contribution >= 0.6 is 0 Å². The molecule has 1 N–H and O–H groups in total. The first-order chi connectivity index (χ1) is 8.78. The predicted molar refractivity (Wildman–Crippen MR) is 65.6 cm³/mol. The minimum Gasteiger partial charge on any atom is -0.379 e. The molecule has 3 nitrogen and oxygen atoms in total. The lowest BCUT2D eigenvalue weighted by Gasteiger charge is -2.21. The predicted octanol–water partition coefficient (Wildman–Crippen LogP) is 2.68. The van der Waals surface area contributed by atoms with Gasteiger partial charge in [-0.25, -0.2) is 4.39 Å². The Morgan fingerprint density at radius 3 is 2.89 bits per heavy atom. The first-order valence-electron chi connectivity index (χ1n) is 6.36. The molecule has 1 aliphatic heterocycles. The van der Waals surface area contributed by atoms with Gasteiger partial charge in [0.15, 0.2) is 0 Å². The number of anilines is 1. The molecule has 94 valence electrons. The van der Waals surface area contributed by atoms with E-state index in [2.05, 4.69) is 5.32 Å². The highest BCUT2D eigenvalue weighted by atomic mass is 19.1. The highest BCUT2D eigenvalue weighted by Gasteiger charge is 2.40. The van der Waals surface area contributed by atoms with Crippen molar-refractivity contribution in [1.29, 1.82) is 5.26 Å². The number of benzene rings is 1. The standard InChI is InChI=1S/C14H15FN2O/c15-11-3-4-12(10(7-11)8-16)17-13-5-6-18-14(13)9-1-2-9/h3-4,7,9,13-14,17H,1-2,5-6H2. The lowest BCUT2D eigenvalue weighted by atomic mass is 10.0. The molecule has 1 aromatic carbocycles. The normalized spacial score (nSPS) is 26.9. The maximum atomic E-state index is 13.1. The number of hydrogen-bond donors (Lipinski definition) is 1. The Morgan fingerprint density at radius 2 is 2.17 bits per heavy atom. The van der Waals surface area contributed by atoms with Crippen molar-refractivity contribution >= 4 is 5.69 Å². The van der Waals surface area contributed by atoms with E-state index in [1.165, 1.54) is 25.0 Å². The number of halogens is 1. The summed E-state index contributed by atoms with van der Waals surface area (Å²) in [7, 11) is 0. The number of nitrogens with zero attached hydrogens (tertiary/aromatic N) is 1. The molecule has 18 heavy (non-hydrogen) atoms. The van der Waals surface area contributed by atoms with Gasteiger partial charge in [-0.3, -0.25) is 0 Å². The summed E-state index contributed by atoms with van der Waals surface area (Å²) in [6.45, 7) is 0.766. The Kier molecular flexibility index (Phi) is 2.92. The van der Waals surface area contributed by atoms with Gasteiger partial charge in [-0.1, -0.05) is 0 Å². The minimum atomic E-state index is -0.376. The Balaban J connectivity index is 1.77. The highest BCUT2D eigenvalue weighted by molar-refractivity contribution is 5.58. The van der Waals surface area contributed by atoms with E-state index in [4.69, 9.17) is 10.00 Å². The minimum absolute atomic E-state index is 0.245. The molecule has 1 saturated carbocycles. The molecule has 2 atom stereocenters. The number of hydrogen-bond acceptors (Lipinski definition) is 3. The molecule has 0 bridgehead atoms. The van der Waals surface area contributed by atoms with Crippen LogP contribution in [-0.2, 0) is 4.74 Å². The zero-order valence-electron chi connectivity index (χ0n) is 10.0. The van der Waals surface area contributed by atoms with Crippen molar-refractivity contribution in [3.63, 3.8) is 0 Å². The third kappa shape index (κ3) is 2.19. The van der Waals surface area contributed by atoms with Crippen LogP contribution in [0.3, 0.4) is 0 Å². The third-order valence-electron chi connectivity index (χ3n) is 3.67. The van der Waals surface area contributed by atoms with Gasteiger partial charge in [0.05, 0.1) is 23.4 Å². The number of nitriles is 1. The quantitative estimate of drug-likeness (QED) is 0.891. The first-order valence-corrected chi connectivity index (χ1v) is 6.36. The Bertz CT molecular complexity index is 493. The van der Waals surface area contributed by atoms with Crippen LogP contribution in [0.4, 0.5) is 10.1 Å². The molecule has 0 aromatic heterocycles. The highest BCUT2D eigenvalue weighted by Crippen LogP contribution is 2.39. The number of ether oxygens (including phenoxy) is 1. The Labute approximate surface area is 106 Å². The van der Waals surface area contributed by atoms with Gasteiger partial charge in [0.25, 0.3) is 0 Å². The van der Waals surface area contributed by atoms with Crippen molar-refractivity contribution in [2.45, 2.75) is 31.4 Å². The molecule has 1 heterocycles. The van der Waals surface area contributed by atoms with Crippen molar-refractivity contribution in [3.05, 3.63) is 29.6 Å². The zero-order valence-corrected chi connectivity index (χ0v) is 10.0. The topological polar surface area (TPSA) is 45.0 Å². The average molecular weight is 246 g/mol. The zero-order chi connectivity index (χ0) is 12.5. The van der Waals surface area contributed by atoms with E-state index in [9.17, 15) is 4.39 Å². The van der Waals surface area contributed by atoms with Crippen molar-refractivity contribution in [2.75, 3.05) is 11.9 Å². The summed E-state index contributed by atoms with van der Waals surface area (Å²) >= 11 is 0. The summed E-state index contributed by atoms with van der Waals surface area (Å²) < 4.78 is 18.8. The molecule has 3 rings (SSSR count). The van der Waals surface area contributed by atoms with Gasteiger partial charge in [0, 0.05) is 6.61 Å². The van der Waals surface area contributed by atoms with Gasteiger partial charge in [0.1, 0.15) is 11.9 Å². The van der Waals surface area contributed by atoms with Crippen molar-refractivity contribution < 1.29 is 9.13 Å². The largest absolute Gasteiger partial charge is 0.379 e. The molecule has 1 saturated heterocycles. The Morgan fingerprint density at radius 1 is 1.33 bits per heavy atom. The van der Waals surface area contributed by atoms with Gasteiger partial charge >= 0.3 is 0 Å². The lowest BCUT2D eigenvalue weighted by molar-refractivity contribution is 0.0898. The van der Waals surface area contributed by atoms with Gasteiger partial charge in [-0.15, -0.1) is 0 Å². The summed E-state index contributed by atoms with van der Waals surface area (Å²) in [5.41, 5.74) is 1.07. The summed E-state index contributed by atoms with van der Waals surface area (Å²) in [6.07, 6.45) is 3.67. The molecular weight excluding hydrogens is 231 g/mol. The van der Waals surface area contributed by atoms with E-state index in [0.717, 1.165) is 13.0 Å². The van der Waals surface area contributed by atoms with Crippen LogP contribution in [0.1, 0.15) is 24.8 Å². The van der Waals surface area contributed by atoms with Crippen LogP contribution in [-0.4, -0.2) is 18.8 Å². The molecule has 2 aliphatic rings. The molecule has 0 spiro atoms. The Hall–Kier alpha value is -1.60. The molecule has 0 radical (unpaired) electrons. The van der Waals surface area contributed by atoms with E-state index >= 15 is 0 Å². The van der Waals surface area contributed by atoms with Crippen molar-refractivity contribution in [2.24, 2.45) is 5.92 Å². The molecule has 4 heteroatoms. The second-order valence-electron chi connectivity index (χ2n) is 5.01. The summed E-state index contributed by atoms with van der Waals surface area (Å²) in [6, 6.07) is 6.56. The fourth-order valence-corrected chi connectivity index (χ4v) is 2.59. The van der Waals surface area contributed by atoms with Crippen LogP contribution in [0.2, 0.25) is 0 Å². The lowest BCUT2D eigenvalue weighted by Crippen LogP contribution is -2.31. The van der Waals surface area contributed by atoms with Gasteiger partial charge in [-0.2, -0.15) is 5.26 Å². The van der Waals surface area contributed by atoms with Crippen molar-refractivity contribution in [3.8, 4) is 6.07 Å². The molecule has 1 aromatic rings. The second-order valence-corrected chi connectivity index (χ2v) is 5.01. The summed E-state index contributed by atoms with van der Waals surface area (Å²) in [5, 5.41) is 12.4. The molecule has 2 fully saturated rings. The SMILES string of the molecule is N#Cc1cc(F)ccc1NC1CCOC1C1CC1. The van der Waals surface area contributed by atoms with E-state index in [0.29, 0.717) is 17.2 Å². The van der Waals surface area contributed by atoms with Gasteiger partial charge in [0.2, 0.25) is 0 Å². The molecular formula is C14H15FN2O. The van der Waals surface area contributed by atoms with E-state index in [1.807, 2.05) is 6.07 Å². The van der Waals surface area contributed by atoms with Crippen LogP contribution in [0.25, 0.3) is 0 Å². The van der Waals surface area contributed by atoms with E-state index in [1.54, 1.807) is 6.07 Å². The second kappa shape index (κ2) is 4.58. The molecule has 2 unspecified atom stereocenters. The monoisotopic (exact) mass is 246 g/mol. The smallest absolute Gasteiger partial charge is 0.124 e. The fourth-order valence-electron chi connectivity index (χ4n) is 2.59. The fraction of sp³-hybridized carbons (Fsp3) is 0.500. The van der Waals surface area contributed by atoms with E-state index in [-0.39, 0.29) is 18.0 Å². The third-order valence-corrected chi connectivity index (χ3v) is 3.67. The van der Waals surface area contributed by atoms with Crippen LogP contribution in [0.5, 0.6) is 0 Å². The summed E-state index contributed by atoms with van der Waals surface area (Å²) in [5.74, 6) is 0.287. The van der Waals surface area contributed by atoms with Gasteiger partial charge in [-0.05, 0) is 43.4 Å². The average Bonchev–Trinajstić information content (AvgIpc) is 3.12. The van der Waals surface area contributed by atoms with Crippen LogP contribution < -0.4 is 5.32 Å². The number of rotatable bonds is 3. The maximum Gasteiger partial charge on any atom is 0.124 e. The molecule has 0 amide bonds. The van der Waals surface area contributed by atoms with E-state index < -0.39 is 0 Å². The van der Waals surface area contributed by atoms with Crippen LogP contribution in [0, 0.1) is 23.1 Å².